The number of carbonyl (C=O) groups excluding carboxylic acids is 1. The molecule has 2 rings (SSSR count). The number of benzene rings is 2. The topological polar surface area (TPSA) is 82.3 Å². The summed E-state index contributed by atoms with van der Waals surface area (Å²) >= 11 is 0. The Labute approximate surface area is 128 Å². The Morgan fingerprint density at radius 2 is 1.86 bits per heavy atom. The number of phenolic OH excluding ortho intramolecular Hbond substituents is 1. The molecule has 0 saturated carbocycles. The van der Waals surface area contributed by atoms with Crippen molar-refractivity contribution in [2.24, 2.45) is 0 Å². The summed E-state index contributed by atoms with van der Waals surface area (Å²) in [7, 11) is 1.46. The zero-order valence-electron chi connectivity index (χ0n) is 12.1. The summed E-state index contributed by atoms with van der Waals surface area (Å²) in [6.07, 6.45) is -0.737. The summed E-state index contributed by atoms with van der Waals surface area (Å²) < 4.78 is 5.23. The first-order valence-electron chi connectivity index (χ1n) is 6.72. The van der Waals surface area contributed by atoms with Crippen LogP contribution in [-0.4, -0.2) is 18.1 Å². The van der Waals surface area contributed by atoms with Crippen molar-refractivity contribution in [1.82, 2.24) is 5.32 Å². The van der Waals surface area contributed by atoms with Crippen molar-refractivity contribution in [3.8, 4) is 11.8 Å². The molecule has 2 aromatic carbocycles. The van der Waals surface area contributed by atoms with Crippen LogP contribution >= 0.6 is 0 Å². The van der Waals surface area contributed by atoms with E-state index in [0.717, 1.165) is 5.56 Å². The van der Waals surface area contributed by atoms with Gasteiger partial charge in [-0.25, -0.2) is 0 Å². The highest BCUT2D eigenvalue weighted by Gasteiger charge is 2.19. The zero-order valence-corrected chi connectivity index (χ0v) is 12.1. The minimum absolute atomic E-state index is 0.136. The van der Waals surface area contributed by atoms with E-state index in [4.69, 9.17) is 10.00 Å². The van der Waals surface area contributed by atoms with E-state index in [1.165, 1.54) is 19.2 Å². The number of ether oxygens (including phenoxy) is 1. The van der Waals surface area contributed by atoms with Gasteiger partial charge in [-0.05, 0) is 35.4 Å². The normalized spacial score (nSPS) is 11.5. The van der Waals surface area contributed by atoms with Crippen molar-refractivity contribution in [3.63, 3.8) is 0 Å². The highest BCUT2D eigenvalue weighted by molar-refractivity contribution is 5.82. The van der Waals surface area contributed by atoms with E-state index in [2.05, 4.69) is 5.32 Å². The number of hydrogen-bond acceptors (Lipinski definition) is 4. The van der Waals surface area contributed by atoms with Gasteiger partial charge in [0.1, 0.15) is 5.75 Å². The molecule has 2 N–H and O–H groups in total. The fourth-order valence-corrected chi connectivity index (χ4v) is 2.02. The van der Waals surface area contributed by atoms with Crippen LogP contribution in [0.4, 0.5) is 0 Å². The molecule has 5 nitrogen and oxygen atoms in total. The van der Waals surface area contributed by atoms with Crippen LogP contribution in [0.3, 0.4) is 0 Å². The highest BCUT2D eigenvalue weighted by Crippen LogP contribution is 2.19. The number of carbonyl (C=O) groups is 1. The Morgan fingerprint density at radius 1 is 1.23 bits per heavy atom. The number of amides is 1. The predicted molar refractivity (Wildman–Crippen MR) is 80.9 cm³/mol. The SMILES string of the molecule is CO[C@H](C(=O)NCc1ccc(C#N)cc1)c1ccc(O)cc1. The zero-order chi connectivity index (χ0) is 15.9. The van der Waals surface area contributed by atoms with E-state index in [1.807, 2.05) is 6.07 Å². The molecule has 0 bridgehead atoms. The summed E-state index contributed by atoms with van der Waals surface area (Å²) in [5, 5.41) is 20.8. The molecule has 0 unspecified atom stereocenters. The lowest BCUT2D eigenvalue weighted by molar-refractivity contribution is -0.131. The Balaban J connectivity index is 2.00. The van der Waals surface area contributed by atoms with Crippen molar-refractivity contribution in [2.45, 2.75) is 12.6 Å². The van der Waals surface area contributed by atoms with Gasteiger partial charge in [0.25, 0.3) is 5.91 Å². The van der Waals surface area contributed by atoms with Crippen molar-refractivity contribution in [1.29, 1.82) is 5.26 Å². The van der Waals surface area contributed by atoms with Gasteiger partial charge in [-0.15, -0.1) is 0 Å². The lowest BCUT2D eigenvalue weighted by atomic mass is 10.1. The number of rotatable bonds is 5. The molecule has 0 spiro atoms. The molecule has 0 radical (unpaired) electrons. The molecule has 5 heteroatoms. The Hall–Kier alpha value is -2.84. The minimum atomic E-state index is -0.737. The second-order valence-electron chi connectivity index (χ2n) is 4.73. The minimum Gasteiger partial charge on any atom is -0.508 e. The maximum Gasteiger partial charge on any atom is 0.254 e. The molecule has 0 saturated heterocycles. The third-order valence-corrected chi connectivity index (χ3v) is 3.22. The number of hydrogen-bond donors (Lipinski definition) is 2. The van der Waals surface area contributed by atoms with E-state index in [1.54, 1.807) is 36.4 Å². The number of phenols is 1. The van der Waals surface area contributed by atoms with Crippen LogP contribution in [0, 0.1) is 11.3 Å². The number of nitrogens with one attached hydrogen (secondary N) is 1. The van der Waals surface area contributed by atoms with E-state index in [9.17, 15) is 9.90 Å². The van der Waals surface area contributed by atoms with Gasteiger partial charge in [0, 0.05) is 13.7 Å². The van der Waals surface area contributed by atoms with Crippen molar-refractivity contribution in [2.75, 3.05) is 7.11 Å². The molecule has 0 fully saturated rings. The van der Waals surface area contributed by atoms with Crippen molar-refractivity contribution < 1.29 is 14.6 Å². The molecule has 1 amide bonds. The van der Waals surface area contributed by atoms with E-state index < -0.39 is 6.10 Å². The fourth-order valence-electron chi connectivity index (χ4n) is 2.02. The summed E-state index contributed by atoms with van der Waals surface area (Å²) in [5.74, 6) is -0.130. The molecule has 0 aromatic heterocycles. The summed E-state index contributed by atoms with van der Waals surface area (Å²) in [5.41, 5.74) is 2.14. The smallest absolute Gasteiger partial charge is 0.254 e. The van der Waals surface area contributed by atoms with E-state index >= 15 is 0 Å². The lowest BCUT2D eigenvalue weighted by Crippen LogP contribution is -2.29. The fraction of sp³-hybridized carbons (Fsp3) is 0.176. The monoisotopic (exact) mass is 296 g/mol. The number of nitrogens with zero attached hydrogens (tertiary/aromatic N) is 1. The Kier molecular flexibility index (Phi) is 5.12. The van der Waals surface area contributed by atoms with Gasteiger partial charge in [0.15, 0.2) is 6.10 Å². The largest absolute Gasteiger partial charge is 0.508 e. The Morgan fingerprint density at radius 3 is 2.41 bits per heavy atom. The van der Waals surface area contributed by atoms with Crippen LogP contribution in [0.2, 0.25) is 0 Å². The van der Waals surface area contributed by atoms with Gasteiger partial charge in [-0.1, -0.05) is 24.3 Å². The van der Waals surface area contributed by atoms with Gasteiger partial charge < -0.3 is 15.2 Å². The van der Waals surface area contributed by atoms with Gasteiger partial charge >= 0.3 is 0 Å². The van der Waals surface area contributed by atoms with Crippen LogP contribution in [0.15, 0.2) is 48.5 Å². The van der Waals surface area contributed by atoms with E-state index in [0.29, 0.717) is 17.7 Å². The van der Waals surface area contributed by atoms with Crippen molar-refractivity contribution >= 4 is 5.91 Å². The van der Waals surface area contributed by atoms with Crippen LogP contribution < -0.4 is 5.32 Å². The Bertz CT molecular complexity index is 673. The first-order valence-corrected chi connectivity index (χ1v) is 6.72. The standard InChI is InChI=1S/C17H16N2O3/c1-22-16(14-6-8-15(20)9-7-14)17(21)19-11-13-4-2-12(10-18)3-5-13/h2-9,16,20H,11H2,1H3,(H,19,21)/t16-/m0/s1. The number of methoxy groups -OCH3 is 1. The molecule has 2 aromatic rings. The van der Waals surface area contributed by atoms with Crippen LogP contribution in [0.5, 0.6) is 5.75 Å². The average Bonchev–Trinajstić information content (AvgIpc) is 2.56. The lowest BCUT2D eigenvalue weighted by Gasteiger charge is -2.15. The first-order chi connectivity index (χ1) is 10.6. The van der Waals surface area contributed by atoms with Gasteiger partial charge in [-0.2, -0.15) is 5.26 Å². The quantitative estimate of drug-likeness (QED) is 0.886. The third kappa shape index (κ3) is 3.84. The molecular weight excluding hydrogens is 280 g/mol. The van der Waals surface area contributed by atoms with Gasteiger partial charge in [-0.3, -0.25) is 4.79 Å². The number of nitriles is 1. The summed E-state index contributed by atoms with van der Waals surface area (Å²) in [6.45, 7) is 0.350. The maximum absolute atomic E-state index is 12.2. The molecule has 0 aliphatic carbocycles. The first kappa shape index (κ1) is 15.5. The molecule has 0 aliphatic heterocycles. The van der Waals surface area contributed by atoms with Crippen LogP contribution in [0.25, 0.3) is 0 Å². The molecule has 22 heavy (non-hydrogen) atoms. The second-order valence-corrected chi connectivity index (χ2v) is 4.73. The van der Waals surface area contributed by atoms with Gasteiger partial charge in [0.2, 0.25) is 0 Å². The van der Waals surface area contributed by atoms with Gasteiger partial charge in [0.05, 0.1) is 11.6 Å². The predicted octanol–water partition coefficient (Wildman–Crippen LogP) is 2.27. The molecule has 112 valence electrons. The molecule has 0 heterocycles. The molecule has 0 aliphatic rings. The van der Waals surface area contributed by atoms with E-state index in [-0.39, 0.29) is 11.7 Å². The average molecular weight is 296 g/mol. The summed E-state index contributed by atoms with van der Waals surface area (Å²) in [6, 6.07) is 15.3. The summed E-state index contributed by atoms with van der Waals surface area (Å²) in [4.78, 5) is 12.2. The third-order valence-electron chi connectivity index (χ3n) is 3.22. The molecular formula is C17H16N2O3. The second kappa shape index (κ2) is 7.25. The van der Waals surface area contributed by atoms with Crippen molar-refractivity contribution in [3.05, 3.63) is 65.2 Å². The van der Waals surface area contributed by atoms with Crippen LogP contribution in [-0.2, 0) is 16.1 Å². The molecule has 1 atom stereocenters. The highest BCUT2D eigenvalue weighted by atomic mass is 16.5. The maximum atomic E-state index is 12.2. The van der Waals surface area contributed by atoms with Crippen LogP contribution in [0.1, 0.15) is 22.8 Å². The number of aromatic hydroxyl groups is 1.